The summed E-state index contributed by atoms with van der Waals surface area (Å²) < 4.78 is 5.36. The van der Waals surface area contributed by atoms with Crippen LogP contribution in [0.25, 0.3) is 0 Å². The molecule has 4 heteroatoms. The lowest BCUT2D eigenvalue weighted by Gasteiger charge is -2.28. The lowest BCUT2D eigenvalue weighted by atomic mass is 9.84. The van der Waals surface area contributed by atoms with Crippen LogP contribution >= 0.6 is 0 Å². The van der Waals surface area contributed by atoms with Crippen molar-refractivity contribution in [2.45, 2.75) is 51.2 Å². The number of nitrogens with one attached hydrogen (secondary N) is 1. The first-order chi connectivity index (χ1) is 11.1. The Bertz CT molecular complexity index is 641. The summed E-state index contributed by atoms with van der Waals surface area (Å²) in [6.07, 6.45) is 5.07. The standard InChI is InChI=1S/C19H23NO3/c1-11(16-9-12-6-7-13(16)8-12)20-18(21)10-17-14-4-2-3-5-15(14)19(22)23-17/h2-5,11-13,16-17H,6-10H2,1H3,(H,20,21)/t11-,12-,13-,16-,17+/m0/s1. The van der Waals surface area contributed by atoms with Crippen LogP contribution in [0.4, 0.5) is 0 Å². The Morgan fingerprint density at radius 2 is 2.13 bits per heavy atom. The lowest BCUT2D eigenvalue weighted by Crippen LogP contribution is -2.40. The van der Waals surface area contributed by atoms with Gasteiger partial charge in [-0.25, -0.2) is 4.79 Å². The maximum Gasteiger partial charge on any atom is 0.339 e. The number of hydrogen-bond donors (Lipinski definition) is 1. The highest BCUT2D eigenvalue weighted by atomic mass is 16.5. The number of amides is 1. The molecule has 0 radical (unpaired) electrons. The van der Waals surface area contributed by atoms with E-state index in [0.29, 0.717) is 11.5 Å². The number of carbonyl (C=O) groups excluding carboxylic acids is 2. The Labute approximate surface area is 136 Å². The van der Waals surface area contributed by atoms with Gasteiger partial charge in [0.25, 0.3) is 0 Å². The largest absolute Gasteiger partial charge is 0.453 e. The lowest BCUT2D eigenvalue weighted by molar-refractivity contribution is -0.124. The van der Waals surface area contributed by atoms with Crippen molar-refractivity contribution in [1.82, 2.24) is 5.32 Å². The smallest absolute Gasteiger partial charge is 0.339 e. The first kappa shape index (κ1) is 14.7. The molecule has 0 saturated heterocycles. The number of hydrogen-bond acceptors (Lipinski definition) is 3. The van der Waals surface area contributed by atoms with Gasteiger partial charge in [0.05, 0.1) is 12.0 Å². The third-order valence-corrected chi connectivity index (χ3v) is 5.97. The SMILES string of the molecule is C[C@H](NC(=O)C[C@H]1OC(=O)c2ccccc21)[C@@H]1C[C@H]2CC[C@H]1C2. The number of carbonyl (C=O) groups is 2. The highest BCUT2D eigenvalue weighted by molar-refractivity contribution is 5.94. The summed E-state index contributed by atoms with van der Waals surface area (Å²) in [5, 5.41) is 3.15. The Morgan fingerprint density at radius 3 is 2.87 bits per heavy atom. The van der Waals surface area contributed by atoms with Crippen molar-refractivity contribution in [3.63, 3.8) is 0 Å². The molecule has 2 fully saturated rings. The second-order valence-electron chi connectivity index (χ2n) is 7.38. The van der Waals surface area contributed by atoms with Crippen molar-refractivity contribution >= 4 is 11.9 Å². The van der Waals surface area contributed by atoms with E-state index in [1.807, 2.05) is 18.2 Å². The van der Waals surface area contributed by atoms with Gasteiger partial charge < -0.3 is 10.1 Å². The van der Waals surface area contributed by atoms with Crippen LogP contribution in [0.15, 0.2) is 24.3 Å². The van der Waals surface area contributed by atoms with Crippen LogP contribution in [-0.2, 0) is 9.53 Å². The second kappa shape index (κ2) is 5.66. The van der Waals surface area contributed by atoms with Crippen LogP contribution in [0.2, 0.25) is 0 Å². The van der Waals surface area contributed by atoms with Gasteiger partial charge in [0, 0.05) is 11.6 Å². The minimum atomic E-state index is -0.439. The normalized spacial score (nSPS) is 32.5. The van der Waals surface area contributed by atoms with E-state index in [1.165, 1.54) is 25.7 Å². The van der Waals surface area contributed by atoms with Crippen LogP contribution < -0.4 is 5.32 Å². The fraction of sp³-hybridized carbons (Fsp3) is 0.579. The van der Waals surface area contributed by atoms with Crippen molar-refractivity contribution in [2.75, 3.05) is 0 Å². The zero-order valence-electron chi connectivity index (χ0n) is 13.5. The third-order valence-electron chi connectivity index (χ3n) is 5.97. The summed E-state index contributed by atoms with van der Waals surface area (Å²) in [7, 11) is 0. The molecule has 4 nitrogen and oxygen atoms in total. The van der Waals surface area contributed by atoms with Gasteiger partial charge in [-0.1, -0.05) is 24.6 Å². The molecule has 2 aliphatic carbocycles. The minimum Gasteiger partial charge on any atom is -0.453 e. The molecular weight excluding hydrogens is 290 g/mol. The summed E-state index contributed by atoms with van der Waals surface area (Å²) in [4.78, 5) is 24.2. The molecule has 1 heterocycles. The van der Waals surface area contributed by atoms with E-state index in [4.69, 9.17) is 4.74 Å². The predicted molar refractivity (Wildman–Crippen MR) is 85.8 cm³/mol. The van der Waals surface area contributed by atoms with E-state index in [0.717, 1.165) is 17.4 Å². The van der Waals surface area contributed by atoms with E-state index in [-0.39, 0.29) is 24.3 Å². The topological polar surface area (TPSA) is 55.4 Å². The maximum atomic E-state index is 12.4. The van der Waals surface area contributed by atoms with Crippen LogP contribution in [0.1, 0.15) is 61.1 Å². The Morgan fingerprint density at radius 1 is 1.30 bits per heavy atom. The van der Waals surface area contributed by atoms with Gasteiger partial charge in [0.1, 0.15) is 6.10 Å². The zero-order chi connectivity index (χ0) is 16.0. The molecule has 1 aromatic rings. The highest BCUT2D eigenvalue weighted by Crippen LogP contribution is 2.49. The average molecular weight is 313 g/mol. The third kappa shape index (κ3) is 2.64. The van der Waals surface area contributed by atoms with Gasteiger partial charge in [-0.3, -0.25) is 4.79 Å². The van der Waals surface area contributed by atoms with Crippen LogP contribution in [-0.4, -0.2) is 17.9 Å². The van der Waals surface area contributed by atoms with Crippen molar-refractivity contribution in [2.24, 2.45) is 17.8 Å². The Balaban J connectivity index is 1.37. The van der Waals surface area contributed by atoms with Crippen LogP contribution in [0.3, 0.4) is 0 Å². The van der Waals surface area contributed by atoms with E-state index >= 15 is 0 Å². The molecule has 4 rings (SSSR count). The fourth-order valence-electron chi connectivity index (χ4n) is 4.87. The average Bonchev–Trinajstić information content (AvgIpc) is 3.23. The van der Waals surface area contributed by atoms with Crippen molar-refractivity contribution in [3.05, 3.63) is 35.4 Å². The molecular formula is C19H23NO3. The number of rotatable bonds is 4. The zero-order valence-corrected chi connectivity index (χ0v) is 13.5. The van der Waals surface area contributed by atoms with Gasteiger partial charge in [0.15, 0.2) is 0 Å². The van der Waals surface area contributed by atoms with Gasteiger partial charge in [-0.15, -0.1) is 0 Å². The van der Waals surface area contributed by atoms with E-state index in [2.05, 4.69) is 12.2 Å². The molecule has 1 N–H and O–H groups in total. The summed E-state index contributed by atoms with van der Waals surface area (Å²) in [6.45, 7) is 2.12. The summed E-state index contributed by atoms with van der Waals surface area (Å²) in [5.74, 6) is 1.96. The van der Waals surface area contributed by atoms with Crippen molar-refractivity contribution in [3.8, 4) is 0 Å². The highest BCUT2D eigenvalue weighted by Gasteiger charge is 2.42. The summed E-state index contributed by atoms with van der Waals surface area (Å²) >= 11 is 0. The van der Waals surface area contributed by atoms with Crippen molar-refractivity contribution in [1.29, 1.82) is 0 Å². The van der Waals surface area contributed by atoms with Gasteiger partial charge in [0.2, 0.25) is 5.91 Å². The molecule has 1 amide bonds. The number of cyclic esters (lactones) is 1. The van der Waals surface area contributed by atoms with Gasteiger partial charge in [-0.05, 0) is 50.0 Å². The molecule has 0 spiro atoms. The molecule has 0 unspecified atom stereocenters. The van der Waals surface area contributed by atoms with Gasteiger partial charge in [-0.2, -0.15) is 0 Å². The van der Waals surface area contributed by atoms with E-state index < -0.39 is 6.10 Å². The molecule has 2 saturated carbocycles. The quantitative estimate of drug-likeness (QED) is 0.868. The van der Waals surface area contributed by atoms with E-state index in [9.17, 15) is 9.59 Å². The second-order valence-corrected chi connectivity index (χ2v) is 7.38. The van der Waals surface area contributed by atoms with Crippen molar-refractivity contribution < 1.29 is 14.3 Å². The first-order valence-electron chi connectivity index (χ1n) is 8.71. The van der Waals surface area contributed by atoms with Crippen LogP contribution in [0, 0.1) is 17.8 Å². The molecule has 0 aromatic heterocycles. The molecule has 23 heavy (non-hydrogen) atoms. The molecule has 122 valence electrons. The Kier molecular flexibility index (Phi) is 3.63. The van der Waals surface area contributed by atoms with E-state index in [1.54, 1.807) is 6.07 Å². The number of benzene rings is 1. The molecule has 1 aliphatic heterocycles. The first-order valence-corrected chi connectivity index (χ1v) is 8.71. The molecule has 5 atom stereocenters. The van der Waals surface area contributed by atoms with Gasteiger partial charge >= 0.3 is 5.97 Å². The monoisotopic (exact) mass is 313 g/mol. The number of ether oxygens (including phenoxy) is 1. The Hall–Kier alpha value is -1.84. The summed E-state index contributed by atoms with van der Waals surface area (Å²) in [6, 6.07) is 7.54. The molecule has 3 aliphatic rings. The molecule has 1 aromatic carbocycles. The fourth-order valence-corrected chi connectivity index (χ4v) is 4.87. The number of esters is 1. The predicted octanol–water partition coefficient (Wildman–Crippen LogP) is 3.23. The van der Waals surface area contributed by atoms with Crippen LogP contribution in [0.5, 0.6) is 0 Å². The minimum absolute atomic E-state index is 0.0187. The summed E-state index contributed by atoms with van der Waals surface area (Å²) in [5.41, 5.74) is 1.42. The maximum absolute atomic E-state index is 12.4. The molecule has 2 bridgehead atoms. The number of fused-ring (bicyclic) bond motifs is 3.